The molecule has 1 atom stereocenters. The highest BCUT2D eigenvalue weighted by Gasteiger charge is 2.62. The third-order valence-electron chi connectivity index (χ3n) is 4.50. The third-order valence-corrected chi connectivity index (χ3v) is 4.50. The second-order valence-electron chi connectivity index (χ2n) is 6.05. The summed E-state index contributed by atoms with van der Waals surface area (Å²) in [5.74, 6) is 0.0568. The second-order valence-corrected chi connectivity index (χ2v) is 6.05. The molecule has 1 unspecified atom stereocenters. The molecule has 0 spiro atoms. The van der Waals surface area contributed by atoms with Gasteiger partial charge in [-0.25, -0.2) is 4.74 Å². The largest absolute Gasteiger partial charge is 0.713 e. The van der Waals surface area contributed by atoms with Crippen LogP contribution in [0, 0.1) is 10.4 Å². The second kappa shape index (κ2) is 5.37. The monoisotopic (exact) mass is 311 g/mol. The molecule has 1 heterocycles. The minimum Gasteiger partial charge on any atom is -0.713 e. The summed E-state index contributed by atoms with van der Waals surface area (Å²) in [4.78, 5) is 0. The van der Waals surface area contributed by atoms with Gasteiger partial charge >= 0.3 is 0 Å². The van der Waals surface area contributed by atoms with E-state index in [9.17, 15) is 10.4 Å². The van der Waals surface area contributed by atoms with Crippen molar-refractivity contribution in [1.29, 1.82) is 0 Å². The zero-order valence-corrected chi connectivity index (χ0v) is 13.4. The van der Waals surface area contributed by atoms with E-state index in [2.05, 4.69) is 0 Å². The molecule has 1 aliphatic heterocycles. The van der Waals surface area contributed by atoms with Crippen molar-refractivity contribution in [2.75, 3.05) is 7.11 Å². The number of amidine groups is 1. The third kappa shape index (κ3) is 1.97. The molecule has 2 aromatic rings. The fourth-order valence-corrected chi connectivity index (χ4v) is 3.29. The van der Waals surface area contributed by atoms with Gasteiger partial charge < -0.3 is 15.2 Å². The van der Waals surface area contributed by atoms with Gasteiger partial charge in [-0.15, -0.1) is 0 Å². The maximum absolute atomic E-state index is 13.2. The molecular formula is C18H19N2O3-. The zero-order valence-electron chi connectivity index (χ0n) is 13.4. The zero-order chi connectivity index (χ0) is 16.7. The molecule has 3 rings (SSSR count). The van der Waals surface area contributed by atoms with E-state index in [0.29, 0.717) is 15.9 Å². The van der Waals surface area contributed by atoms with Gasteiger partial charge in [-0.05, 0) is 26.0 Å². The summed E-state index contributed by atoms with van der Waals surface area (Å²) in [6.07, 6.45) is 0. The van der Waals surface area contributed by atoms with Crippen molar-refractivity contribution in [2.24, 2.45) is 0 Å². The number of methoxy groups -OCH3 is 1. The first-order chi connectivity index (χ1) is 11.0. The average Bonchev–Trinajstić information content (AvgIpc) is 2.72. The van der Waals surface area contributed by atoms with Gasteiger partial charge in [-0.1, -0.05) is 48.5 Å². The van der Waals surface area contributed by atoms with Crippen LogP contribution in [-0.2, 0) is 10.5 Å². The van der Waals surface area contributed by atoms with E-state index in [0.717, 1.165) is 5.06 Å². The number of hydroxylamine groups is 3. The van der Waals surface area contributed by atoms with Crippen LogP contribution in [-0.4, -0.2) is 28.3 Å². The highest BCUT2D eigenvalue weighted by atomic mass is 16.6. The van der Waals surface area contributed by atoms with Crippen molar-refractivity contribution < 1.29 is 9.48 Å². The molecule has 0 amide bonds. The Morgan fingerprint density at radius 2 is 1.48 bits per heavy atom. The Kier molecular flexibility index (Phi) is 3.62. The fraction of sp³-hybridized carbons (Fsp3) is 0.278. The number of hydrogen-bond donors (Lipinski definition) is 0. The Balaban J connectivity index is 2.29. The summed E-state index contributed by atoms with van der Waals surface area (Å²) >= 11 is 0. The average molecular weight is 311 g/mol. The molecule has 0 aromatic heterocycles. The van der Waals surface area contributed by atoms with Gasteiger partial charge in [0.15, 0.2) is 5.54 Å². The van der Waals surface area contributed by atoms with Gasteiger partial charge in [-0.2, -0.15) is 0 Å². The molecule has 120 valence electrons. The number of ether oxygens (including phenoxy) is 1. The number of hydrogen-bond acceptors (Lipinski definition) is 4. The van der Waals surface area contributed by atoms with E-state index in [1.54, 1.807) is 50.2 Å². The molecule has 0 N–H and O–H groups in total. The Hall–Kier alpha value is -2.37. The molecule has 0 radical (unpaired) electrons. The van der Waals surface area contributed by atoms with Crippen LogP contribution in [0.4, 0.5) is 0 Å². The van der Waals surface area contributed by atoms with Crippen LogP contribution in [0.15, 0.2) is 60.7 Å². The molecule has 0 saturated carbocycles. The number of benzene rings is 2. The van der Waals surface area contributed by atoms with Crippen LogP contribution in [0.1, 0.15) is 25.0 Å². The molecule has 0 bridgehead atoms. The fourth-order valence-electron chi connectivity index (χ4n) is 3.29. The van der Waals surface area contributed by atoms with Crippen LogP contribution in [0.2, 0.25) is 0 Å². The van der Waals surface area contributed by atoms with Crippen LogP contribution in [0.3, 0.4) is 0 Å². The summed E-state index contributed by atoms with van der Waals surface area (Å²) in [5.41, 5.74) is -1.30. The van der Waals surface area contributed by atoms with Crippen molar-refractivity contribution in [3.8, 4) is 0 Å². The molecule has 0 aliphatic carbocycles. The maximum Gasteiger partial charge on any atom is 0.281 e. The van der Waals surface area contributed by atoms with E-state index in [4.69, 9.17) is 4.74 Å². The first-order valence-electron chi connectivity index (χ1n) is 7.44. The molecule has 1 aliphatic rings. The van der Waals surface area contributed by atoms with E-state index >= 15 is 0 Å². The smallest absolute Gasteiger partial charge is 0.281 e. The van der Waals surface area contributed by atoms with Gasteiger partial charge in [0.2, 0.25) is 0 Å². The lowest BCUT2D eigenvalue weighted by atomic mass is 9.85. The molecular weight excluding hydrogens is 292 g/mol. The predicted molar refractivity (Wildman–Crippen MR) is 88.6 cm³/mol. The van der Waals surface area contributed by atoms with E-state index in [1.807, 2.05) is 24.3 Å². The van der Waals surface area contributed by atoms with Gasteiger partial charge in [0.25, 0.3) is 11.6 Å². The molecule has 0 fully saturated rings. The molecule has 23 heavy (non-hydrogen) atoms. The van der Waals surface area contributed by atoms with Gasteiger partial charge in [0.1, 0.15) is 0 Å². The summed E-state index contributed by atoms with van der Waals surface area (Å²) < 4.78 is 6.38. The van der Waals surface area contributed by atoms with Crippen molar-refractivity contribution in [2.45, 2.75) is 25.1 Å². The van der Waals surface area contributed by atoms with Crippen molar-refractivity contribution in [3.05, 3.63) is 82.2 Å². The van der Waals surface area contributed by atoms with Crippen molar-refractivity contribution in [1.82, 2.24) is 5.06 Å². The van der Waals surface area contributed by atoms with Gasteiger partial charge in [-0.3, -0.25) is 5.06 Å². The van der Waals surface area contributed by atoms with Crippen LogP contribution < -0.4 is 0 Å². The minimum absolute atomic E-state index is 0.0568. The number of rotatable bonds is 3. The highest BCUT2D eigenvalue weighted by Crippen LogP contribution is 2.45. The molecule has 2 aromatic carbocycles. The summed E-state index contributed by atoms with van der Waals surface area (Å²) in [5, 5.41) is 26.9. The van der Waals surface area contributed by atoms with Crippen molar-refractivity contribution >= 4 is 5.84 Å². The van der Waals surface area contributed by atoms with Crippen LogP contribution >= 0.6 is 0 Å². The van der Waals surface area contributed by atoms with Gasteiger partial charge in [0.05, 0.1) is 5.56 Å². The highest BCUT2D eigenvalue weighted by molar-refractivity contribution is 5.97. The Morgan fingerprint density at radius 1 is 0.957 bits per heavy atom. The Labute approximate surface area is 135 Å². The maximum atomic E-state index is 13.2. The quantitative estimate of drug-likeness (QED) is 0.645. The predicted octanol–water partition coefficient (Wildman–Crippen LogP) is 3.03. The SMILES string of the molecule is COC1(c2ccccc2)[N+]([O-])=C(c2ccccc2)N([O-])C1(C)C. The lowest BCUT2D eigenvalue weighted by Gasteiger charge is -2.42. The summed E-state index contributed by atoms with van der Waals surface area (Å²) in [6, 6.07) is 18.1. The minimum atomic E-state index is -1.42. The van der Waals surface area contributed by atoms with Crippen LogP contribution in [0.5, 0.6) is 0 Å². The van der Waals surface area contributed by atoms with Crippen LogP contribution in [0.25, 0.3) is 0 Å². The van der Waals surface area contributed by atoms with E-state index in [1.165, 1.54) is 7.11 Å². The van der Waals surface area contributed by atoms with E-state index < -0.39 is 11.3 Å². The van der Waals surface area contributed by atoms with Gasteiger partial charge in [0, 0.05) is 12.7 Å². The summed E-state index contributed by atoms with van der Waals surface area (Å²) in [6.45, 7) is 3.44. The molecule has 5 heteroatoms. The molecule has 5 nitrogen and oxygen atoms in total. The van der Waals surface area contributed by atoms with E-state index in [-0.39, 0.29) is 5.84 Å². The first kappa shape index (κ1) is 15.5. The topological polar surface area (TPSA) is 61.6 Å². The lowest BCUT2D eigenvalue weighted by molar-refractivity contribution is -0.623. The normalized spacial score (nSPS) is 23.4. The first-order valence-corrected chi connectivity index (χ1v) is 7.44. The van der Waals surface area contributed by atoms with Crippen molar-refractivity contribution in [3.63, 3.8) is 0 Å². The summed E-state index contributed by atoms with van der Waals surface area (Å²) in [7, 11) is 1.46. The lowest BCUT2D eigenvalue weighted by Crippen LogP contribution is -2.55. The Bertz CT molecular complexity index is 728. The molecule has 0 saturated heterocycles. The number of nitrogens with zero attached hydrogens (tertiary/aromatic N) is 2. The Morgan fingerprint density at radius 3 is 2.00 bits per heavy atom. The standard InChI is InChI=1S/C18H19N2O3/c1-17(2)18(23-3,15-12-8-5-9-13-15)20(22)16(19(17)21)14-10-6-4-7-11-14/h4-13H,1-3H3/q-1.